The maximum atomic E-state index is 14.9. The van der Waals surface area contributed by atoms with Gasteiger partial charge in [0.25, 0.3) is 5.56 Å². The number of carbonyl (C=O) groups excluding carboxylic acids is 2. The first kappa shape index (κ1) is 21.0. The number of hydrogen-bond acceptors (Lipinski definition) is 5. The Morgan fingerprint density at radius 3 is 2.43 bits per heavy atom. The molecule has 4 aliphatic heterocycles. The van der Waals surface area contributed by atoms with E-state index in [1.165, 1.54) is 18.2 Å². The number of halogens is 1. The topological polar surface area (TPSA) is 75.5 Å². The molecular formula is C29H21FN4O3. The molecule has 3 saturated heterocycles. The van der Waals surface area contributed by atoms with E-state index < -0.39 is 29.1 Å². The first-order valence-electron chi connectivity index (χ1n) is 12.6. The first-order valence-corrected chi connectivity index (χ1v) is 12.6. The zero-order valence-corrected chi connectivity index (χ0v) is 19.7. The predicted molar refractivity (Wildman–Crippen MR) is 134 cm³/mol. The minimum Gasteiger partial charge on any atom is -0.283 e. The van der Waals surface area contributed by atoms with Gasteiger partial charge in [-0.1, -0.05) is 42.5 Å². The van der Waals surface area contributed by atoms with Gasteiger partial charge in [-0.3, -0.25) is 23.9 Å². The van der Waals surface area contributed by atoms with Crippen LogP contribution >= 0.6 is 0 Å². The Morgan fingerprint density at radius 1 is 0.865 bits per heavy atom. The number of fused-ring (bicyclic) bond motifs is 11. The normalized spacial score (nSPS) is 27.7. The lowest BCUT2D eigenvalue weighted by Crippen LogP contribution is -2.51. The first-order chi connectivity index (χ1) is 18.0. The van der Waals surface area contributed by atoms with Gasteiger partial charge >= 0.3 is 0 Å². The molecule has 4 aliphatic rings. The van der Waals surface area contributed by atoms with Gasteiger partial charge in [0.2, 0.25) is 11.8 Å². The molecule has 7 nitrogen and oxygen atoms in total. The molecule has 1 aromatic heterocycles. The van der Waals surface area contributed by atoms with Crippen molar-refractivity contribution in [1.82, 2.24) is 14.5 Å². The van der Waals surface area contributed by atoms with Gasteiger partial charge in [-0.05, 0) is 49.7 Å². The summed E-state index contributed by atoms with van der Waals surface area (Å²) in [7, 11) is 0. The quantitative estimate of drug-likeness (QED) is 0.381. The summed E-state index contributed by atoms with van der Waals surface area (Å²) in [5.74, 6) is -2.46. The molecule has 8 heteroatoms. The molecule has 0 aliphatic carbocycles. The lowest BCUT2D eigenvalue weighted by atomic mass is 9.75. The summed E-state index contributed by atoms with van der Waals surface area (Å²) < 4.78 is 16.5. The van der Waals surface area contributed by atoms with E-state index in [4.69, 9.17) is 4.98 Å². The van der Waals surface area contributed by atoms with Crippen LogP contribution in [-0.4, -0.2) is 38.9 Å². The largest absolute Gasteiger partial charge is 0.283 e. The summed E-state index contributed by atoms with van der Waals surface area (Å²) >= 11 is 0. The van der Waals surface area contributed by atoms with Crippen LogP contribution in [0.25, 0.3) is 16.6 Å². The highest BCUT2D eigenvalue weighted by atomic mass is 19.1. The summed E-state index contributed by atoms with van der Waals surface area (Å²) in [5.41, 5.74) is 0.696. The number of carbonyl (C=O) groups is 2. The van der Waals surface area contributed by atoms with Crippen molar-refractivity contribution in [1.29, 1.82) is 0 Å². The van der Waals surface area contributed by atoms with Gasteiger partial charge in [0.05, 0.1) is 34.1 Å². The minimum atomic E-state index is -1.10. The second kappa shape index (κ2) is 6.98. The van der Waals surface area contributed by atoms with Crippen molar-refractivity contribution in [2.75, 3.05) is 11.4 Å². The molecule has 0 saturated carbocycles. The third-order valence-corrected chi connectivity index (χ3v) is 8.73. The predicted octanol–water partition coefficient (Wildman–Crippen LogP) is 3.37. The number of amides is 2. The number of para-hydroxylation sites is 3. The molecule has 4 aromatic rings. The van der Waals surface area contributed by atoms with E-state index in [9.17, 15) is 18.8 Å². The summed E-state index contributed by atoms with van der Waals surface area (Å²) in [5, 5.41) is 0.493. The molecule has 5 heterocycles. The third-order valence-electron chi connectivity index (χ3n) is 8.73. The Kier molecular flexibility index (Phi) is 3.96. The highest BCUT2D eigenvalue weighted by Crippen LogP contribution is 2.62. The van der Waals surface area contributed by atoms with E-state index >= 15 is 0 Å². The number of imide groups is 1. The van der Waals surface area contributed by atoms with Crippen molar-refractivity contribution in [3.63, 3.8) is 0 Å². The van der Waals surface area contributed by atoms with Crippen LogP contribution in [0.5, 0.6) is 0 Å². The molecule has 0 bridgehead atoms. The molecule has 2 amide bonds. The molecule has 1 spiro atoms. The maximum Gasteiger partial charge on any atom is 0.266 e. The van der Waals surface area contributed by atoms with Crippen LogP contribution in [0, 0.1) is 17.7 Å². The average Bonchev–Trinajstić information content (AvgIpc) is 3.62. The van der Waals surface area contributed by atoms with Gasteiger partial charge in [0.1, 0.15) is 17.2 Å². The summed E-state index contributed by atoms with van der Waals surface area (Å²) in [6.07, 6.45) is 1.60. The van der Waals surface area contributed by atoms with Crippen LogP contribution in [0.4, 0.5) is 10.1 Å². The highest BCUT2D eigenvalue weighted by Gasteiger charge is 2.73. The van der Waals surface area contributed by atoms with Crippen LogP contribution in [0.1, 0.15) is 24.2 Å². The molecule has 4 atom stereocenters. The molecule has 0 N–H and O–H groups in total. The van der Waals surface area contributed by atoms with Gasteiger partial charge in [-0.25, -0.2) is 14.3 Å². The maximum absolute atomic E-state index is 14.9. The van der Waals surface area contributed by atoms with Gasteiger partial charge in [0.15, 0.2) is 0 Å². The van der Waals surface area contributed by atoms with Crippen molar-refractivity contribution in [2.45, 2.75) is 24.4 Å². The minimum absolute atomic E-state index is 0.0262. The average molecular weight is 493 g/mol. The monoisotopic (exact) mass is 492 g/mol. The molecule has 0 radical (unpaired) electrons. The third kappa shape index (κ3) is 2.31. The Morgan fingerprint density at radius 2 is 1.59 bits per heavy atom. The molecule has 3 fully saturated rings. The molecule has 8 rings (SSSR count). The molecule has 37 heavy (non-hydrogen) atoms. The lowest BCUT2D eigenvalue weighted by Gasteiger charge is -2.38. The number of rotatable bonds is 1. The van der Waals surface area contributed by atoms with E-state index in [1.54, 1.807) is 22.8 Å². The Balaban J connectivity index is 1.46. The van der Waals surface area contributed by atoms with Gasteiger partial charge in [0, 0.05) is 11.6 Å². The number of hydrogen-bond donors (Lipinski definition) is 0. The standard InChI is InChI=1S/C29H21FN4O3/c30-18-10-3-6-13-21(18)33-26(36)23-22-14-7-15-32(22)29(24(23)27(33)37)17-9-2-5-12-20(17)34-25(35)16-8-1-4-11-19(16)31-28(29)34/h1-6,8-13,22-24H,7,14-15H2/t22-,23-,24+,29-/m0/s1. The van der Waals surface area contributed by atoms with Crippen molar-refractivity contribution < 1.29 is 14.0 Å². The van der Waals surface area contributed by atoms with Crippen LogP contribution in [0.3, 0.4) is 0 Å². The number of aromatic nitrogens is 2. The van der Waals surface area contributed by atoms with Crippen LogP contribution < -0.4 is 10.5 Å². The molecule has 3 aromatic carbocycles. The van der Waals surface area contributed by atoms with Crippen molar-refractivity contribution in [3.05, 3.63) is 100 Å². The fourth-order valence-corrected chi connectivity index (χ4v) is 7.48. The van der Waals surface area contributed by atoms with Gasteiger partial charge in [-0.2, -0.15) is 0 Å². The Hall–Kier alpha value is -4.17. The van der Waals surface area contributed by atoms with E-state index in [0.717, 1.165) is 23.3 Å². The summed E-state index contributed by atoms with van der Waals surface area (Å²) in [4.78, 5) is 50.4. The smallest absolute Gasteiger partial charge is 0.266 e. The van der Waals surface area contributed by atoms with Crippen LogP contribution in [-0.2, 0) is 15.1 Å². The second-order valence-corrected chi connectivity index (χ2v) is 10.2. The van der Waals surface area contributed by atoms with Crippen molar-refractivity contribution in [3.8, 4) is 5.69 Å². The van der Waals surface area contributed by atoms with E-state index in [2.05, 4.69) is 4.90 Å². The fourth-order valence-electron chi connectivity index (χ4n) is 7.48. The number of nitrogens with zero attached hydrogens (tertiary/aromatic N) is 4. The second-order valence-electron chi connectivity index (χ2n) is 10.2. The molecule has 182 valence electrons. The number of anilines is 1. The molecule has 0 unspecified atom stereocenters. The van der Waals surface area contributed by atoms with E-state index in [0.29, 0.717) is 29.0 Å². The Labute approximate surface area is 210 Å². The summed E-state index contributed by atoms with van der Waals surface area (Å²) in [6.45, 7) is 0.676. The lowest BCUT2D eigenvalue weighted by molar-refractivity contribution is -0.124. The van der Waals surface area contributed by atoms with E-state index in [1.807, 2.05) is 36.4 Å². The number of benzene rings is 3. The fraction of sp³-hybridized carbons (Fsp3) is 0.241. The van der Waals surface area contributed by atoms with Gasteiger partial charge < -0.3 is 0 Å². The van der Waals surface area contributed by atoms with Crippen molar-refractivity contribution in [2.24, 2.45) is 11.8 Å². The van der Waals surface area contributed by atoms with Gasteiger partial charge in [-0.15, -0.1) is 0 Å². The van der Waals surface area contributed by atoms with Crippen molar-refractivity contribution >= 4 is 28.4 Å². The zero-order chi connectivity index (χ0) is 25.1. The van der Waals surface area contributed by atoms with E-state index in [-0.39, 0.29) is 23.2 Å². The van der Waals surface area contributed by atoms with Crippen LogP contribution in [0.2, 0.25) is 0 Å². The molecular weight excluding hydrogens is 471 g/mol. The Bertz CT molecular complexity index is 1750. The SMILES string of the molecule is O=C1[C@H]2[C@@H]3CCCN3[C@@]3(c4ccccc4-n4c3nc3ccccc3c4=O)[C@H]2C(=O)N1c1ccccc1F. The zero-order valence-electron chi connectivity index (χ0n) is 19.7. The highest BCUT2D eigenvalue weighted by molar-refractivity contribution is 6.23. The summed E-state index contributed by atoms with van der Waals surface area (Å²) in [6, 6.07) is 20.5. The van der Waals surface area contributed by atoms with Crippen LogP contribution in [0.15, 0.2) is 77.6 Å².